The summed E-state index contributed by atoms with van der Waals surface area (Å²) < 4.78 is 0. The number of phenolic OH excluding ortho intramolecular Hbond substituents is 1. The Labute approximate surface area is 291 Å². The molecule has 11 nitrogen and oxygen atoms in total. The van der Waals surface area contributed by atoms with Crippen LogP contribution in [0, 0.1) is 24.7 Å². The topological polar surface area (TPSA) is 199 Å². The van der Waals surface area contributed by atoms with E-state index >= 15 is 0 Å². The van der Waals surface area contributed by atoms with Gasteiger partial charge in [0.2, 0.25) is 11.7 Å². The van der Waals surface area contributed by atoms with Gasteiger partial charge in [-0.25, -0.2) is 0 Å². The first kappa shape index (κ1) is 39.5. The molecule has 266 valence electrons. The molecule has 0 saturated carbocycles. The molecule has 50 heavy (non-hydrogen) atoms. The van der Waals surface area contributed by atoms with E-state index in [9.17, 15) is 49.5 Å². The first-order chi connectivity index (χ1) is 23.5. The van der Waals surface area contributed by atoms with E-state index in [0.29, 0.717) is 5.57 Å². The highest BCUT2D eigenvalue weighted by atomic mass is 16.3. The van der Waals surface area contributed by atoms with Gasteiger partial charge in [0, 0.05) is 35.8 Å². The minimum atomic E-state index is -1.29. The van der Waals surface area contributed by atoms with Crippen LogP contribution in [0.2, 0.25) is 0 Å². The van der Waals surface area contributed by atoms with E-state index in [-0.39, 0.29) is 35.3 Å². The molecular formula is C39H45NO10. The number of phenols is 1. The van der Waals surface area contributed by atoms with Crippen molar-refractivity contribution in [2.24, 2.45) is 17.8 Å². The molecule has 1 aromatic rings. The third-order valence-electron chi connectivity index (χ3n) is 8.81. The fourth-order valence-electron chi connectivity index (χ4n) is 5.53. The van der Waals surface area contributed by atoms with E-state index in [1.807, 2.05) is 0 Å². The lowest BCUT2D eigenvalue weighted by molar-refractivity contribution is -0.118. The van der Waals surface area contributed by atoms with Gasteiger partial charge in [0.15, 0.2) is 17.3 Å². The number of aliphatic hydroxyl groups is 4. The molecule has 0 spiro atoms. The Hall–Kier alpha value is -4.97. The Morgan fingerprint density at radius 2 is 1.38 bits per heavy atom. The smallest absolute Gasteiger partial charge is 0.253 e. The summed E-state index contributed by atoms with van der Waals surface area (Å²) in [5.41, 5.74) is -1.36. The van der Waals surface area contributed by atoms with Crippen LogP contribution in [0.5, 0.6) is 5.75 Å². The van der Waals surface area contributed by atoms with Crippen molar-refractivity contribution < 1.29 is 49.5 Å². The van der Waals surface area contributed by atoms with Gasteiger partial charge >= 0.3 is 0 Å². The van der Waals surface area contributed by atoms with Crippen LogP contribution in [0.15, 0.2) is 83.7 Å². The Morgan fingerprint density at radius 3 is 2.06 bits per heavy atom. The van der Waals surface area contributed by atoms with Crippen molar-refractivity contribution in [3.8, 4) is 5.75 Å². The number of aliphatic hydroxyl groups excluding tert-OH is 4. The molecule has 2 heterocycles. The number of allylic oxidation sites excluding steroid dienone is 7. The Balaban J connectivity index is 2.07. The van der Waals surface area contributed by atoms with E-state index in [4.69, 9.17) is 0 Å². The zero-order valence-corrected chi connectivity index (χ0v) is 29.0. The molecule has 1 amide bonds. The molecule has 11 heteroatoms. The molecule has 1 aliphatic carbocycles. The van der Waals surface area contributed by atoms with Crippen molar-refractivity contribution in [2.75, 3.05) is 0 Å². The Bertz CT molecular complexity index is 1770. The lowest BCUT2D eigenvalue weighted by atomic mass is 9.82. The summed E-state index contributed by atoms with van der Waals surface area (Å²) in [5.74, 6) is -7.27. The molecule has 2 aliphatic heterocycles. The minimum absolute atomic E-state index is 0.0421. The van der Waals surface area contributed by atoms with Gasteiger partial charge in [-0.3, -0.25) is 24.0 Å². The normalized spacial score (nSPS) is 31.3. The van der Waals surface area contributed by atoms with Crippen molar-refractivity contribution >= 4 is 34.8 Å². The fourth-order valence-corrected chi connectivity index (χ4v) is 5.53. The van der Waals surface area contributed by atoms with Crippen LogP contribution in [0.4, 0.5) is 0 Å². The molecule has 0 aromatic heterocycles. The van der Waals surface area contributed by atoms with E-state index in [1.54, 1.807) is 58.1 Å². The highest BCUT2D eigenvalue weighted by molar-refractivity contribution is 6.53. The quantitative estimate of drug-likeness (QED) is 0.167. The lowest BCUT2D eigenvalue weighted by Crippen LogP contribution is -2.35. The van der Waals surface area contributed by atoms with Gasteiger partial charge in [0.05, 0.1) is 29.4 Å². The van der Waals surface area contributed by atoms with E-state index < -0.39 is 87.7 Å². The first-order valence-corrected chi connectivity index (χ1v) is 16.3. The molecule has 1 aromatic carbocycles. The van der Waals surface area contributed by atoms with Crippen LogP contribution in [0.25, 0.3) is 5.76 Å². The number of aromatic hydroxyl groups is 1. The number of hydrogen-bond donors (Lipinski definition) is 6. The highest BCUT2D eigenvalue weighted by Gasteiger charge is 2.39. The summed E-state index contributed by atoms with van der Waals surface area (Å²) in [7, 11) is 0. The number of benzene rings is 1. The van der Waals surface area contributed by atoms with Gasteiger partial charge in [-0.15, -0.1) is 0 Å². The number of fused-ring (bicyclic) bond motifs is 18. The zero-order chi connectivity index (χ0) is 37.4. The number of ketones is 4. The molecule has 0 fully saturated rings. The molecule has 6 atom stereocenters. The van der Waals surface area contributed by atoms with E-state index in [1.165, 1.54) is 44.2 Å². The maximum Gasteiger partial charge on any atom is 0.253 e. The van der Waals surface area contributed by atoms with Crippen LogP contribution in [0.3, 0.4) is 0 Å². The van der Waals surface area contributed by atoms with Crippen LogP contribution < -0.4 is 5.32 Å². The van der Waals surface area contributed by atoms with Gasteiger partial charge in [-0.2, -0.15) is 0 Å². The summed E-state index contributed by atoms with van der Waals surface area (Å²) in [5, 5.41) is 56.2. The predicted molar refractivity (Wildman–Crippen MR) is 188 cm³/mol. The van der Waals surface area contributed by atoms with Crippen LogP contribution in [0.1, 0.15) is 79.3 Å². The monoisotopic (exact) mass is 687 g/mol. The molecule has 4 rings (SSSR count). The second-order valence-corrected chi connectivity index (χ2v) is 12.9. The van der Waals surface area contributed by atoms with Crippen molar-refractivity contribution in [2.45, 2.75) is 72.7 Å². The van der Waals surface area contributed by atoms with E-state index in [0.717, 1.165) is 6.08 Å². The number of Topliss-reactive ketones (excluding diaryl/α,β-unsaturated/α-hetero) is 4. The van der Waals surface area contributed by atoms with Crippen molar-refractivity contribution in [1.29, 1.82) is 0 Å². The van der Waals surface area contributed by atoms with Crippen LogP contribution >= 0.6 is 0 Å². The second kappa shape index (κ2) is 17.1. The summed E-state index contributed by atoms with van der Waals surface area (Å²) >= 11 is 0. The molecule has 0 unspecified atom stereocenters. The van der Waals surface area contributed by atoms with Gasteiger partial charge in [-0.1, -0.05) is 75.5 Å². The van der Waals surface area contributed by atoms with E-state index in [2.05, 4.69) is 5.32 Å². The largest absolute Gasteiger partial charge is 0.507 e. The van der Waals surface area contributed by atoms with Crippen LogP contribution in [-0.4, -0.2) is 72.9 Å². The fraction of sp³-hybridized carbons (Fsp3) is 0.359. The molecule has 6 N–H and O–H groups in total. The third kappa shape index (κ3) is 9.38. The molecule has 0 radical (unpaired) electrons. The van der Waals surface area contributed by atoms with Gasteiger partial charge < -0.3 is 30.8 Å². The predicted octanol–water partition coefficient (Wildman–Crippen LogP) is 4.46. The maximum atomic E-state index is 13.7. The second-order valence-electron chi connectivity index (χ2n) is 12.9. The number of aryl methyl sites for hydroxylation is 1. The number of carbonyl (C=O) groups excluding carboxylic acids is 5. The molecular weight excluding hydrogens is 642 g/mol. The standard InChI is InChI=1S/C39H45NO10/c1-20-11-9-7-8-10-12-30(44)40-33-37(48)27-18-25(6)36(47)32(31(27)38(49)39(33)50)35(46)24(5)17-23(4)34(45)22(3)14-16-26(41)15-13-21(2)29(43)19-28(20)42/h7-14,16-18,20,22-23,26,28,34,41-42,45,47-48H,15,19H2,1-6H3,(H,40,44)/b8-7-,11-9-,12-10-,16-14-,21-13-,24-17-/t20-,22+,23+,26+,28+,34+/m1/s1. The van der Waals surface area contributed by atoms with Crippen molar-refractivity contribution in [3.05, 3.63) is 106 Å². The van der Waals surface area contributed by atoms with Crippen molar-refractivity contribution in [1.82, 2.24) is 5.32 Å². The number of hydrogen-bond acceptors (Lipinski definition) is 10. The number of nitrogens with one attached hydrogen (secondary N) is 1. The maximum absolute atomic E-state index is 13.7. The number of amides is 1. The summed E-state index contributed by atoms with van der Waals surface area (Å²) in [4.78, 5) is 65.5. The lowest BCUT2D eigenvalue weighted by Gasteiger charge is -2.23. The van der Waals surface area contributed by atoms with Gasteiger partial charge in [0.1, 0.15) is 11.4 Å². The van der Waals surface area contributed by atoms with Gasteiger partial charge in [-0.05, 0) is 50.0 Å². The summed E-state index contributed by atoms with van der Waals surface area (Å²) in [6.45, 7) is 9.57. The minimum Gasteiger partial charge on any atom is -0.507 e. The molecule has 4 bridgehead atoms. The zero-order valence-electron chi connectivity index (χ0n) is 29.0. The van der Waals surface area contributed by atoms with Gasteiger partial charge in [0.25, 0.3) is 5.78 Å². The number of carbonyl (C=O) groups is 5. The summed E-state index contributed by atoms with van der Waals surface area (Å²) in [6, 6.07) is 1.23. The van der Waals surface area contributed by atoms with Crippen LogP contribution in [-0.2, 0) is 14.4 Å². The van der Waals surface area contributed by atoms with Crippen molar-refractivity contribution in [3.63, 3.8) is 0 Å². The first-order valence-electron chi connectivity index (χ1n) is 16.3. The average Bonchev–Trinajstić information content (AvgIpc) is 3.07. The Morgan fingerprint density at radius 1 is 0.720 bits per heavy atom. The average molecular weight is 688 g/mol. The highest BCUT2D eigenvalue weighted by Crippen LogP contribution is 2.37. The SMILES string of the molecule is C/C1=C/C[C@H](O)/C=C\[C@H](C)[C@H](O)[C@@H](C)/C=C(/C)C(=O)c2c(O)c(C)cc3c2C(=O)C(=O)C(=C3O)NC(=O)\C=C/C=C\C=C/[C@@H](C)[C@@H](O)CC1=O. The molecule has 0 saturated heterocycles. The molecule has 3 aliphatic rings. The Kier molecular flexibility index (Phi) is 13.5. The summed E-state index contributed by atoms with van der Waals surface area (Å²) in [6.07, 6.45) is 11.9. The third-order valence-corrected chi connectivity index (χ3v) is 8.81. The number of rotatable bonds is 0.